The number of piperidine rings is 1. The molecular weight excluding hydrogens is 341 g/mol. The van der Waals surface area contributed by atoms with Crippen LogP contribution in [0.3, 0.4) is 0 Å². The molecule has 0 aliphatic carbocycles. The van der Waals surface area contributed by atoms with Gasteiger partial charge in [0.25, 0.3) is 0 Å². The predicted octanol–water partition coefficient (Wildman–Crippen LogP) is 3.28. The van der Waals surface area contributed by atoms with E-state index < -0.39 is 0 Å². The lowest BCUT2D eigenvalue weighted by Gasteiger charge is -2.31. The largest absolute Gasteiger partial charge is 0.337 e. The minimum absolute atomic E-state index is 0.0522. The van der Waals surface area contributed by atoms with Crippen LogP contribution in [0.2, 0.25) is 0 Å². The fourth-order valence-electron chi connectivity index (χ4n) is 4.37. The first-order valence-electron chi connectivity index (χ1n) is 9.85. The van der Waals surface area contributed by atoms with Gasteiger partial charge in [0.2, 0.25) is 5.91 Å². The summed E-state index contributed by atoms with van der Waals surface area (Å²) in [5.74, 6) is 0.743. The molecule has 2 aliphatic heterocycles. The summed E-state index contributed by atoms with van der Waals surface area (Å²) in [5.41, 5.74) is 2.22. The number of hydrogen-bond acceptors (Lipinski definition) is 3. The Bertz CT molecular complexity index is 765. The van der Waals surface area contributed by atoms with E-state index in [1.165, 1.54) is 18.6 Å². The second kappa shape index (κ2) is 8.17. The summed E-state index contributed by atoms with van der Waals surface area (Å²) in [5, 5.41) is 0. The minimum Gasteiger partial charge on any atom is -0.337 e. The van der Waals surface area contributed by atoms with Crippen LogP contribution < -0.4 is 0 Å². The van der Waals surface area contributed by atoms with Crippen molar-refractivity contribution in [1.82, 2.24) is 14.8 Å². The van der Waals surface area contributed by atoms with Crippen molar-refractivity contribution in [3.63, 3.8) is 0 Å². The summed E-state index contributed by atoms with van der Waals surface area (Å²) in [4.78, 5) is 21.7. The third-order valence-corrected chi connectivity index (χ3v) is 5.84. The van der Waals surface area contributed by atoms with Crippen LogP contribution in [0.15, 0.2) is 48.8 Å². The fourth-order valence-corrected chi connectivity index (χ4v) is 4.37. The molecule has 27 heavy (non-hydrogen) atoms. The quantitative estimate of drug-likeness (QED) is 0.754. The lowest BCUT2D eigenvalue weighted by molar-refractivity contribution is -0.137. The molecule has 2 fully saturated rings. The van der Waals surface area contributed by atoms with E-state index in [1.54, 1.807) is 12.4 Å². The van der Waals surface area contributed by atoms with Crippen molar-refractivity contribution in [2.45, 2.75) is 38.3 Å². The number of rotatable bonds is 7. The number of aryl methyl sites for hydroxylation is 1. The van der Waals surface area contributed by atoms with Gasteiger partial charge in [-0.1, -0.05) is 12.1 Å². The van der Waals surface area contributed by atoms with Crippen molar-refractivity contribution >= 4 is 5.91 Å². The lowest BCUT2D eigenvalue weighted by atomic mass is 9.99. The van der Waals surface area contributed by atoms with Crippen molar-refractivity contribution in [3.8, 4) is 0 Å². The summed E-state index contributed by atoms with van der Waals surface area (Å²) < 4.78 is 13.1. The Morgan fingerprint density at radius 2 is 1.93 bits per heavy atom. The molecule has 0 radical (unpaired) electrons. The number of aromatic nitrogens is 1. The molecule has 1 amide bonds. The average molecular weight is 367 g/mol. The maximum Gasteiger partial charge on any atom is 0.240 e. The molecule has 4 nitrogen and oxygen atoms in total. The van der Waals surface area contributed by atoms with Crippen LogP contribution >= 0.6 is 0 Å². The molecular formula is C22H26FN3O. The standard InChI is InChI=1S/C22H26FN3O/c23-20-5-3-17(4-6-20)2-1-12-26(15-18-7-10-24-11-8-18)22(27)21-14-19-9-13-25(21)16-19/h3-8,10-11,19,21H,1-2,9,12-16H2. The van der Waals surface area contributed by atoms with Crippen LogP contribution in [0, 0.1) is 11.7 Å². The number of amides is 1. The van der Waals surface area contributed by atoms with E-state index in [2.05, 4.69) is 9.88 Å². The Labute approximate surface area is 160 Å². The smallest absolute Gasteiger partial charge is 0.240 e. The maximum absolute atomic E-state index is 13.2. The Morgan fingerprint density at radius 1 is 1.15 bits per heavy atom. The number of fused-ring (bicyclic) bond motifs is 2. The third-order valence-electron chi connectivity index (χ3n) is 5.84. The first-order chi connectivity index (χ1) is 13.2. The topological polar surface area (TPSA) is 36.4 Å². The molecule has 3 unspecified atom stereocenters. The molecule has 2 aliphatic rings. The second-order valence-corrected chi connectivity index (χ2v) is 7.75. The van der Waals surface area contributed by atoms with E-state index in [4.69, 9.17) is 0 Å². The zero-order valence-corrected chi connectivity index (χ0v) is 15.6. The van der Waals surface area contributed by atoms with Crippen molar-refractivity contribution in [2.75, 3.05) is 19.6 Å². The monoisotopic (exact) mass is 367 g/mol. The first kappa shape index (κ1) is 18.1. The zero-order chi connectivity index (χ0) is 18.6. The molecule has 2 aromatic rings. The van der Waals surface area contributed by atoms with Crippen LogP contribution in [0.25, 0.3) is 0 Å². The number of benzene rings is 1. The van der Waals surface area contributed by atoms with Gasteiger partial charge in [-0.2, -0.15) is 0 Å². The third kappa shape index (κ3) is 4.35. The summed E-state index contributed by atoms with van der Waals surface area (Å²) in [7, 11) is 0. The molecule has 1 aromatic heterocycles. The van der Waals surface area contributed by atoms with E-state index in [0.29, 0.717) is 19.0 Å². The van der Waals surface area contributed by atoms with E-state index in [1.807, 2.05) is 29.2 Å². The lowest BCUT2D eigenvalue weighted by Crippen LogP contribution is -2.46. The summed E-state index contributed by atoms with van der Waals surface area (Å²) >= 11 is 0. The van der Waals surface area contributed by atoms with Gasteiger partial charge < -0.3 is 4.90 Å². The zero-order valence-electron chi connectivity index (χ0n) is 15.6. The van der Waals surface area contributed by atoms with Gasteiger partial charge in [-0.25, -0.2) is 4.39 Å². The van der Waals surface area contributed by atoms with E-state index in [-0.39, 0.29) is 17.8 Å². The maximum atomic E-state index is 13.2. The van der Waals surface area contributed by atoms with Crippen molar-refractivity contribution in [1.29, 1.82) is 0 Å². The van der Waals surface area contributed by atoms with Gasteiger partial charge in [0.15, 0.2) is 0 Å². The Balaban J connectivity index is 1.40. The number of carbonyl (C=O) groups is 1. The predicted molar refractivity (Wildman–Crippen MR) is 102 cm³/mol. The summed E-state index contributed by atoms with van der Waals surface area (Å²) in [6, 6.07) is 10.6. The highest BCUT2D eigenvalue weighted by atomic mass is 19.1. The second-order valence-electron chi connectivity index (χ2n) is 7.75. The number of nitrogens with zero attached hydrogens (tertiary/aromatic N) is 3. The molecule has 2 saturated heterocycles. The molecule has 142 valence electrons. The minimum atomic E-state index is -0.210. The molecule has 1 aromatic carbocycles. The van der Waals surface area contributed by atoms with Gasteiger partial charge in [-0.15, -0.1) is 0 Å². The van der Waals surface area contributed by atoms with Gasteiger partial charge in [0, 0.05) is 32.0 Å². The van der Waals surface area contributed by atoms with Crippen molar-refractivity contribution in [3.05, 3.63) is 65.7 Å². The van der Waals surface area contributed by atoms with Crippen LogP contribution in [0.4, 0.5) is 4.39 Å². The molecule has 0 N–H and O–H groups in total. The van der Waals surface area contributed by atoms with Gasteiger partial charge in [-0.3, -0.25) is 14.7 Å². The van der Waals surface area contributed by atoms with Crippen LogP contribution in [0.1, 0.15) is 30.4 Å². The Kier molecular flexibility index (Phi) is 5.48. The molecule has 2 bridgehead atoms. The van der Waals surface area contributed by atoms with E-state index in [9.17, 15) is 9.18 Å². The van der Waals surface area contributed by atoms with Crippen molar-refractivity contribution < 1.29 is 9.18 Å². The van der Waals surface area contributed by atoms with E-state index >= 15 is 0 Å². The molecule has 3 atom stereocenters. The first-order valence-corrected chi connectivity index (χ1v) is 9.85. The Hall–Kier alpha value is -2.27. The fraction of sp³-hybridized carbons (Fsp3) is 0.455. The normalized spacial score (nSPS) is 23.5. The van der Waals surface area contributed by atoms with E-state index in [0.717, 1.165) is 43.5 Å². The highest BCUT2D eigenvalue weighted by Gasteiger charge is 2.42. The Morgan fingerprint density at radius 3 is 2.59 bits per heavy atom. The van der Waals surface area contributed by atoms with Crippen LogP contribution in [0.5, 0.6) is 0 Å². The number of halogens is 1. The van der Waals surface area contributed by atoms with Gasteiger partial charge in [0.1, 0.15) is 5.82 Å². The van der Waals surface area contributed by atoms with Crippen LogP contribution in [-0.4, -0.2) is 46.4 Å². The SMILES string of the molecule is O=C(C1CC2CCN1C2)N(CCCc1ccc(F)cc1)Cc1ccncc1. The highest BCUT2D eigenvalue weighted by Crippen LogP contribution is 2.33. The van der Waals surface area contributed by atoms with Crippen molar-refractivity contribution in [2.24, 2.45) is 5.92 Å². The molecule has 4 rings (SSSR count). The summed E-state index contributed by atoms with van der Waals surface area (Å²) in [6.45, 7) is 3.47. The molecule has 5 heteroatoms. The molecule has 0 spiro atoms. The summed E-state index contributed by atoms with van der Waals surface area (Å²) in [6.07, 6.45) is 7.51. The van der Waals surface area contributed by atoms with Gasteiger partial charge >= 0.3 is 0 Å². The van der Waals surface area contributed by atoms with Gasteiger partial charge in [0.05, 0.1) is 6.04 Å². The highest BCUT2D eigenvalue weighted by molar-refractivity contribution is 5.82. The number of hydrogen-bond donors (Lipinski definition) is 0. The van der Waals surface area contributed by atoms with Gasteiger partial charge in [-0.05, 0) is 73.5 Å². The van der Waals surface area contributed by atoms with Crippen LogP contribution in [-0.2, 0) is 17.8 Å². The number of pyridine rings is 1. The molecule has 3 heterocycles. The average Bonchev–Trinajstić information content (AvgIpc) is 3.32. The molecule has 0 saturated carbocycles. The number of carbonyl (C=O) groups excluding carboxylic acids is 1.